The van der Waals surface area contributed by atoms with Crippen LogP contribution in [0.1, 0.15) is 16.1 Å². The molecule has 3 aromatic rings. The molecule has 0 fully saturated rings. The number of carbonyl (C=O) groups is 1. The number of benzene rings is 2. The second-order valence-corrected chi connectivity index (χ2v) is 4.95. The Morgan fingerprint density at radius 2 is 1.90 bits per heavy atom. The zero-order valence-electron chi connectivity index (χ0n) is 10.9. The fourth-order valence-corrected chi connectivity index (χ4v) is 2.52. The number of hydrogen-bond donors (Lipinski definition) is 0. The molecule has 0 amide bonds. The highest BCUT2D eigenvalue weighted by molar-refractivity contribution is 6.33. The van der Waals surface area contributed by atoms with Gasteiger partial charge in [0.1, 0.15) is 18.0 Å². The van der Waals surface area contributed by atoms with Gasteiger partial charge in [-0.05, 0) is 18.2 Å². The monoisotopic (exact) mass is 292 g/mol. The van der Waals surface area contributed by atoms with Crippen LogP contribution in [0.2, 0.25) is 5.02 Å². The summed E-state index contributed by atoms with van der Waals surface area (Å²) in [6.45, 7) is 0. The maximum atomic E-state index is 10.8. The molecule has 100 valence electrons. The van der Waals surface area contributed by atoms with Crippen molar-refractivity contribution < 1.29 is 4.79 Å². The number of hydrogen-bond acceptors (Lipinski definition) is 3. The predicted octanol–water partition coefficient (Wildman–Crippen LogP) is 4.24. The van der Waals surface area contributed by atoms with Crippen molar-refractivity contribution in [2.24, 2.45) is 0 Å². The summed E-state index contributed by atoms with van der Waals surface area (Å²) >= 11 is 6.23. The third-order valence-electron chi connectivity index (χ3n) is 3.25. The number of rotatable bonds is 2. The minimum Gasteiger partial charge on any atom is -0.298 e. The first-order valence-electron chi connectivity index (χ1n) is 6.28. The van der Waals surface area contributed by atoms with E-state index < -0.39 is 0 Å². The van der Waals surface area contributed by atoms with Crippen LogP contribution in [0, 0.1) is 11.3 Å². The lowest BCUT2D eigenvalue weighted by atomic mass is 10.0. The number of halogens is 1. The Bertz CT molecular complexity index is 897. The molecule has 0 aliphatic carbocycles. The number of carbonyl (C=O) groups excluding carboxylic acids is 1. The SMILES string of the molecule is N#Cc1nc2ccccc2cc1-c1ccc(C=O)cc1Cl. The van der Waals surface area contributed by atoms with Crippen LogP contribution >= 0.6 is 11.6 Å². The first-order chi connectivity index (χ1) is 10.2. The normalized spacial score (nSPS) is 10.3. The molecule has 4 heteroatoms. The largest absolute Gasteiger partial charge is 0.298 e. The molecule has 0 N–H and O–H groups in total. The quantitative estimate of drug-likeness (QED) is 0.664. The molecule has 0 saturated carbocycles. The summed E-state index contributed by atoms with van der Waals surface area (Å²) in [5.74, 6) is 0. The summed E-state index contributed by atoms with van der Waals surface area (Å²) in [6, 6.07) is 16.6. The number of pyridine rings is 1. The van der Waals surface area contributed by atoms with E-state index in [1.54, 1.807) is 18.2 Å². The van der Waals surface area contributed by atoms with E-state index in [2.05, 4.69) is 11.1 Å². The van der Waals surface area contributed by atoms with E-state index in [9.17, 15) is 10.1 Å². The van der Waals surface area contributed by atoms with Crippen molar-refractivity contribution in [2.75, 3.05) is 0 Å². The molecule has 0 aliphatic rings. The molecule has 1 aromatic heterocycles. The van der Waals surface area contributed by atoms with Crippen LogP contribution in [-0.2, 0) is 0 Å². The van der Waals surface area contributed by atoms with E-state index in [4.69, 9.17) is 11.6 Å². The highest BCUT2D eigenvalue weighted by Gasteiger charge is 2.12. The van der Waals surface area contributed by atoms with Gasteiger partial charge >= 0.3 is 0 Å². The number of para-hydroxylation sites is 1. The Morgan fingerprint density at radius 3 is 2.62 bits per heavy atom. The lowest BCUT2D eigenvalue weighted by Crippen LogP contribution is -1.92. The molecule has 2 aromatic carbocycles. The lowest BCUT2D eigenvalue weighted by Gasteiger charge is -2.08. The predicted molar refractivity (Wildman–Crippen MR) is 82.3 cm³/mol. The van der Waals surface area contributed by atoms with Crippen molar-refractivity contribution in [2.45, 2.75) is 0 Å². The molecule has 21 heavy (non-hydrogen) atoms. The lowest BCUT2D eigenvalue weighted by molar-refractivity contribution is 0.112. The van der Waals surface area contributed by atoms with Gasteiger partial charge in [-0.25, -0.2) is 4.98 Å². The molecule has 0 unspecified atom stereocenters. The van der Waals surface area contributed by atoms with Crippen molar-refractivity contribution in [3.05, 3.63) is 64.8 Å². The second-order valence-electron chi connectivity index (χ2n) is 4.55. The smallest absolute Gasteiger partial charge is 0.150 e. The summed E-state index contributed by atoms with van der Waals surface area (Å²) in [7, 11) is 0. The Morgan fingerprint density at radius 1 is 1.10 bits per heavy atom. The summed E-state index contributed by atoms with van der Waals surface area (Å²) in [6.07, 6.45) is 0.736. The molecular weight excluding hydrogens is 284 g/mol. The van der Waals surface area contributed by atoms with Crippen LogP contribution in [0.15, 0.2) is 48.5 Å². The van der Waals surface area contributed by atoms with Gasteiger partial charge in [0.2, 0.25) is 0 Å². The fourth-order valence-electron chi connectivity index (χ4n) is 2.23. The van der Waals surface area contributed by atoms with Crippen molar-refractivity contribution in [1.29, 1.82) is 5.26 Å². The first-order valence-corrected chi connectivity index (χ1v) is 6.65. The third-order valence-corrected chi connectivity index (χ3v) is 3.56. The Labute approximate surface area is 126 Å². The van der Waals surface area contributed by atoms with Gasteiger partial charge < -0.3 is 0 Å². The molecular formula is C17H9ClN2O. The van der Waals surface area contributed by atoms with Crippen LogP contribution in [0.4, 0.5) is 0 Å². The summed E-state index contributed by atoms with van der Waals surface area (Å²) in [5.41, 5.74) is 2.93. The van der Waals surface area contributed by atoms with Gasteiger partial charge in [0.05, 0.1) is 5.52 Å². The standard InChI is InChI=1S/C17H9ClN2O/c18-15-7-11(10-21)5-6-13(15)14-8-12-3-1-2-4-16(12)20-17(14)9-19/h1-8,10H. The van der Waals surface area contributed by atoms with Gasteiger partial charge in [-0.2, -0.15) is 5.26 Å². The van der Waals surface area contributed by atoms with E-state index in [0.29, 0.717) is 27.4 Å². The third kappa shape index (κ3) is 2.37. The van der Waals surface area contributed by atoms with Crippen LogP contribution in [0.25, 0.3) is 22.0 Å². The number of aromatic nitrogens is 1. The van der Waals surface area contributed by atoms with Crippen LogP contribution in [0.3, 0.4) is 0 Å². The van der Waals surface area contributed by atoms with Gasteiger partial charge in [0.15, 0.2) is 0 Å². The van der Waals surface area contributed by atoms with E-state index in [0.717, 1.165) is 17.2 Å². The number of nitrogens with zero attached hydrogens (tertiary/aromatic N) is 2. The first kappa shape index (κ1) is 13.3. The van der Waals surface area contributed by atoms with Gasteiger partial charge in [-0.15, -0.1) is 0 Å². The molecule has 0 spiro atoms. The molecule has 3 rings (SSSR count). The second kappa shape index (κ2) is 5.35. The van der Waals surface area contributed by atoms with Crippen molar-refractivity contribution >= 4 is 28.8 Å². The van der Waals surface area contributed by atoms with Gasteiger partial charge in [-0.1, -0.05) is 41.9 Å². The zero-order chi connectivity index (χ0) is 14.8. The molecule has 1 heterocycles. The number of nitriles is 1. The minimum absolute atomic E-state index is 0.314. The Balaban J connectivity index is 2.29. The van der Waals surface area contributed by atoms with E-state index in [-0.39, 0.29) is 0 Å². The average molecular weight is 293 g/mol. The van der Waals surface area contributed by atoms with Gasteiger partial charge in [-0.3, -0.25) is 4.79 Å². The summed E-state index contributed by atoms with van der Waals surface area (Å²) in [4.78, 5) is 15.1. The molecule has 0 aliphatic heterocycles. The van der Waals surface area contributed by atoms with Gasteiger partial charge in [0, 0.05) is 27.1 Å². The maximum absolute atomic E-state index is 10.8. The zero-order valence-corrected chi connectivity index (χ0v) is 11.6. The molecule has 0 radical (unpaired) electrons. The highest BCUT2D eigenvalue weighted by atomic mass is 35.5. The van der Waals surface area contributed by atoms with Crippen molar-refractivity contribution in [1.82, 2.24) is 4.98 Å². The summed E-state index contributed by atoms with van der Waals surface area (Å²) < 4.78 is 0. The fraction of sp³-hybridized carbons (Fsp3) is 0. The topological polar surface area (TPSA) is 53.8 Å². The van der Waals surface area contributed by atoms with Gasteiger partial charge in [0.25, 0.3) is 0 Å². The number of fused-ring (bicyclic) bond motifs is 1. The van der Waals surface area contributed by atoms with E-state index >= 15 is 0 Å². The van der Waals surface area contributed by atoms with E-state index in [1.165, 1.54) is 0 Å². The van der Waals surface area contributed by atoms with Crippen molar-refractivity contribution in [3.63, 3.8) is 0 Å². The molecule has 0 saturated heterocycles. The number of aldehydes is 1. The van der Waals surface area contributed by atoms with Crippen molar-refractivity contribution in [3.8, 4) is 17.2 Å². The highest BCUT2D eigenvalue weighted by Crippen LogP contribution is 2.32. The van der Waals surface area contributed by atoms with Crippen LogP contribution < -0.4 is 0 Å². The average Bonchev–Trinajstić information content (AvgIpc) is 2.53. The maximum Gasteiger partial charge on any atom is 0.150 e. The van der Waals surface area contributed by atoms with Crippen LogP contribution in [-0.4, -0.2) is 11.3 Å². The Kier molecular flexibility index (Phi) is 3.39. The minimum atomic E-state index is 0.314. The molecule has 0 atom stereocenters. The molecule has 3 nitrogen and oxygen atoms in total. The Hall–Kier alpha value is -2.70. The van der Waals surface area contributed by atoms with Crippen LogP contribution in [0.5, 0.6) is 0 Å². The summed E-state index contributed by atoms with van der Waals surface area (Å²) in [5, 5.41) is 10.7. The van der Waals surface area contributed by atoms with E-state index in [1.807, 2.05) is 30.3 Å². The molecule has 0 bridgehead atoms.